The van der Waals surface area contributed by atoms with E-state index < -0.39 is 6.03 Å². The van der Waals surface area contributed by atoms with Gasteiger partial charge in [-0.15, -0.1) is 0 Å². The van der Waals surface area contributed by atoms with Crippen molar-refractivity contribution in [2.45, 2.75) is 58.5 Å². The molecule has 1 saturated carbocycles. The molecule has 1 fully saturated rings. The Balaban J connectivity index is 2.32. The molecule has 0 radical (unpaired) electrons. The number of amides is 3. The monoisotopic (exact) mass is 255 g/mol. The van der Waals surface area contributed by atoms with Gasteiger partial charge in [0.15, 0.2) is 0 Å². The Morgan fingerprint density at radius 1 is 1.22 bits per heavy atom. The predicted molar refractivity (Wildman–Crippen MR) is 71.2 cm³/mol. The van der Waals surface area contributed by atoms with Gasteiger partial charge in [-0.2, -0.15) is 0 Å². The third-order valence-corrected chi connectivity index (χ3v) is 3.59. The molecule has 3 amide bonds. The van der Waals surface area contributed by atoms with Gasteiger partial charge in [0.2, 0.25) is 5.91 Å². The van der Waals surface area contributed by atoms with Crippen LogP contribution < -0.4 is 16.0 Å². The predicted octanol–water partition coefficient (Wildman–Crippen LogP) is 1.39. The van der Waals surface area contributed by atoms with E-state index in [4.69, 9.17) is 0 Å². The van der Waals surface area contributed by atoms with Crippen molar-refractivity contribution in [3.8, 4) is 0 Å². The van der Waals surface area contributed by atoms with Crippen LogP contribution in [-0.2, 0) is 4.79 Å². The molecular weight excluding hydrogens is 230 g/mol. The quantitative estimate of drug-likeness (QED) is 0.695. The first-order chi connectivity index (χ1) is 8.54. The molecule has 3 N–H and O–H groups in total. The number of urea groups is 1. The minimum atomic E-state index is -0.426. The van der Waals surface area contributed by atoms with E-state index in [2.05, 4.69) is 22.9 Å². The molecule has 0 heterocycles. The molecule has 0 saturated heterocycles. The highest BCUT2D eigenvalue weighted by Gasteiger charge is 2.24. The molecule has 0 aromatic rings. The van der Waals surface area contributed by atoms with Crippen LogP contribution in [0.5, 0.6) is 0 Å². The largest absolute Gasteiger partial charge is 0.338 e. The summed E-state index contributed by atoms with van der Waals surface area (Å²) < 4.78 is 0. The number of hydrogen-bond acceptors (Lipinski definition) is 3. The van der Waals surface area contributed by atoms with Crippen LogP contribution in [0.25, 0.3) is 0 Å². The summed E-state index contributed by atoms with van der Waals surface area (Å²) in [6.45, 7) is 6.24. The van der Waals surface area contributed by atoms with Gasteiger partial charge < -0.3 is 10.6 Å². The van der Waals surface area contributed by atoms with Crippen LogP contribution in [-0.4, -0.2) is 30.6 Å². The van der Waals surface area contributed by atoms with Crippen LogP contribution in [0.15, 0.2) is 0 Å². The Hall–Kier alpha value is -1.10. The summed E-state index contributed by atoms with van der Waals surface area (Å²) in [7, 11) is 0. The summed E-state index contributed by atoms with van der Waals surface area (Å²) in [5, 5.41) is 8.14. The van der Waals surface area contributed by atoms with Gasteiger partial charge in [0.1, 0.15) is 0 Å². The normalized spacial score (nSPS) is 19.3. The van der Waals surface area contributed by atoms with Gasteiger partial charge in [-0.05, 0) is 39.5 Å². The molecule has 0 aliphatic heterocycles. The fraction of sp³-hybridized carbons (Fsp3) is 0.846. The molecule has 18 heavy (non-hydrogen) atoms. The standard InChI is InChI=1S/C13H25N3O2/c1-4-14-13(18)16-12(17)10(3)15-9(2)11-7-5-6-8-11/h9-11,15H,4-8H2,1-3H3,(H2,14,16,17,18)/t9-,10?/m0/s1. The maximum atomic E-state index is 11.7. The Bertz CT molecular complexity index is 288. The van der Waals surface area contributed by atoms with E-state index in [1.807, 2.05) is 6.92 Å². The minimum absolute atomic E-state index is 0.272. The number of hydrogen-bond donors (Lipinski definition) is 3. The maximum Gasteiger partial charge on any atom is 0.321 e. The average Bonchev–Trinajstić information content (AvgIpc) is 2.82. The van der Waals surface area contributed by atoms with Crippen molar-refractivity contribution in [1.82, 2.24) is 16.0 Å². The lowest BCUT2D eigenvalue weighted by Gasteiger charge is -2.24. The van der Waals surface area contributed by atoms with Gasteiger partial charge in [-0.1, -0.05) is 12.8 Å². The Kier molecular flexibility index (Phi) is 6.12. The first-order valence-corrected chi connectivity index (χ1v) is 6.89. The second kappa shape index (κ2) is 7.36. The van der Waals surface area contributed by atoms with Gasteiger partial charge >= 0.3 is 6.03 Å². The van der Waals surface area contributed by atoms with Crippen molar-refractivity contribution >= 4 is 11.9 Å². The maximum absolute atomic E-state index is 11.7. The van der Waals surface area contributed by atoms with E-state index >= 15 is 0 Å². The van der Waals surface area contributed by atoms with Gasteiger partial charge in [0.05, 0.1) is 6.04 Å². The van der Waals surface area contributed by atoms with Crippen LogP contribution in [0, 0.1) is 5.92 Å². The number of imide groups is 1. The van der Waals surface area contributed by atoms with E-state index in [9.17, 15) is 9.59 Å². The summed E-state index contributed by atoms with van der Waals surface area (Å²) in [5.41, 5.74) is 0. The lowest BCUT2D eigenvalue weighted by atomic mass is 9.99. The van der Waals surface area contributed by atoms with Gasteiger partial charge in [-0.3, -0.25) is 10.1 Å². The second-order valence-corrected chi connectivity index (χ2v) is 5.07. The molecular formula is C13H25N3O2. The SMILES string of the molecule is CCNC(=O)NC(=O)C(C)N[C@@H](C)C1CCCC1. The highest BCUT2D eigenvalue weighted by molar-refractivity contribution is 5.96. The third-order valence-electron chi connectivity index (χ3n) is 3.59. The van der Waals surface area contributed by atoms with E-state index in [0.29, 0.717) is 18.5 Å². The Morgan fingerprint density at radius 2 is 1.83 bits per heavy atom. The highest BCUT2D eigenvalue weighted by atomic mass is 16.2. The number of rotatable bonds is 5. The van der Waals surface area contributed by atoms with Crippen LogP contribution in [0.1, 0.15) is 46.5 Å². The smallest absolute Gasteiger partial charge is 0.321 e. The first kappa shape index (κ1) is 15.0. The zero-order valence-electron chi connectivity index (χ0n) is 11.6. The molecule has 0 spiro atoms. The van der Waals surface area contributed by atoms with Crippen molar-refractivity contribution in [2.75, 3.05) is 6.54 Å². The van der Waals surface area contributed by atoms with Crippen molar-refractivity contribution in [3.05, 3.63) is 0 Å². The molecule has 1 aliphatic carbocycles. The van der Waals surface area contributed by atoms with Crippen LogP contribution >= 0.6 is 0 Å². The van der Waals surface area contributed by atoms with E-state index in [-0.39, 0.29) is 11.9 Å². The second-order valence-electron chi connectivity index (χ2n) is 5.07. The minimum Gasteiger partial charge on any atom is -0.338 e. The number of carbonyl (C=O) groups excluding carboxylic acids is 2. The molecule has 5 nitrogen and oxygen atoms in total. The van der Waals surface area contributed by atoms with E-state index in [1.165, 1.54) is 25.7 Å². The molecule has 1 unspecified atom stereocenters. The Labute approximate surface area is 109 Å². The first-order valence-electron chi connectivity index (χ1n) is 6.89. The summed E-state index contributed by atoms with van der Waals surface area (Å²) >= 11 is 0. The van der Waals surface area contributed by atoms with Crippen molar-refractivity contribution in [3.63, 3.8) is 0 Å². The molecule has 1 aliphatic rings. The molecule has 0 aromatic carbocycles. The molecule has 0 aromatic heterocycles. The average molecular weight is 255 g/mol. The summed E-state index contributed by atoms with van der Waals surface area (Å²) in [6, 6.07) is -0.449. The van der Waals surface area contributed by atoms with Crippen molar-refractivity contribution in [1.29, 1.82) is 0 Å². The van der Waals surface area contributed by atoms with Gasteiger partial charge in [-0.25, -0.2) is 4.79 Å². The topological polar surface area (TPSA) is 70.2 Å². The lowest BCUT2D eigenvalue weighted by Crippen LogP contribution is -2.51. The van der Waals surface area contributed by atoms with Crippen LogP contribution in [0.3, 0.4) is 0 Å². The summed E-state index contributed by atoms with van der Waals surface area (Å²) in [6.07, 6.45) is 5.05. The molecule has 1 rings (SSSR count). The fourth-order valence-corrected chi connectivity index (χ4v) is 2.49. The third kappa shape index (κ3) is 4.64. The van der Waals surface area contributed by atoms with Crippen LogP contribution in [0.2, 0.25) is 0 Å². The van der Waals surface area contributed by atoms with Crippen LogP contribution in [0.4, 0.5) is 4.79 Å². The molecule has 0 bridgehead atoms. The summed E-state index contributed by atoms with van der Waals surface area (Å²) in [5.74, 6) is 0.385. The molecule has 2 atom stereocenters. The van der Waals surface area contributed by atoms with E-state index in [0.717, 1.165) is 0 Å². The van der Waals surface area contributed by atoms with Crippen molar-refractivity contribution < 1.29 is 9.59 Å². The number of carbonyl (C=O) groups is 2. The zero-order valence-corrected chi connectivity index (χ0v) is 11.6. The molecule has 5 heteroatoms. The highest BCUT2D eigenvalue weighted by Crippen LogP contribution is 2.27. The van der Waals surface area contributed by atoms with Crippen molar-refractivity contribution in [2.24, 2.45) is 5.92 Å². The summed E-state index contributed by atoms with van der Waals surface area (Å²) in [4.78, 5) is 23.0. The Morgan fingerprint density at radius 3 is 2.39 bits per heavy atom. The molecule has 104 valence electrons. The lowest BCUT2D eigenvalue weighted by molar-refractivity contribution is -0.121. The van der Waals surface area contributed by atoms with Gasteiger partial charge in [0.25, 0.3) is 0 Å². The van der Waals surface area contributed by atoms with E-state index in [1.54, 1.807) is 6.92 Å². The van der Waals surface area contributed by atoms with Gasteiger partial charge in [0, 0.05) is 12.6 Å². The number of nitrogens with one attached hydrogen (secondary N) is 3. The fourth-order valence-electron chi connectivity index (χ4n) is 2.49. The zero-order chi connectivity index (χ0) is 13.5.